The van der Waals surface area contributed by atoms with Gasteiger partial charge in [-0.15, -0.1) is 0 Å². The third-order valence-electron chi connectivity index (χ3n) is 3.57. The Morgan fingerprint density at radius 3 is 2.94 bits per heavy atom. The second-order valence-corrected chi connectivity index (χ2v) is 5.62. The lowest BCUT2D eigenvalue weighted by molar-refractivity contribution is -0.383. The second-order valence-electron chi connectivity index (χ2n) is 5.62. The van der Waals surface area contributed by atoms with E-state index >= 15 is 0 Å². The van der Waals surface area contributed by atoms with Crippen LogP contribution in [0.4, 0.5) is 0 Å². The van der Waals surface area contributed by atoms with Crippen molar-refractivity contribution in [2.45, 2.75) is 32.5 Å². The summed E-state index contributed by atoms with van der Waals surface area (Å²) < 4.78 is 17.9. The number of rotatable bonds is 1. The van der Waals surface area contributed by atoms with Gasteiger partial charge in [-0.05, 0) is 38.0 Å². The van der Waals surface area contributed by atoms with Gasteiger partial charge in [0.1, 0.15) is 25.0 Å². The highest BCUT2D eigenvalue weighted by atomic mass is 16.6. The summed E-state index contributed by atoms with van der Waals surface area (Å²) in [5, 5.41) is 0. The van der Waals surface area contributed by atoms with E-state index in [0.29, 0.717) is 13.2 Å². The van der Waals surface area contributed by atoms with E-state index in [0.717, 1.165) is 11.2 Å². The number of ether oxygens (including phenoxy) is 1. The van der Waals surface area contributed by atoms with Crippen LogP contribution < -0.4 is 15.9 Å². The molecule has 0 fully saturated rings. The Bertz CT molecular complexity index is 489. The highest BCUT2D eigenvalue weighted by molar-refractivity contribution is 6.64. The number of benzene rings is 1. The van der Waals surface area contributed by atoms with Crippen molar-refractivity contribution in [3.05, 3.63) is 23.3 Å². The molecule has 1 atom stereocenters. The van der Waals surface area contributed by atoms with Crippen LogP contribution >= 0.6 is 0 Å². The van der Waals surface area contributed by atoms with Crippen LogP contribution in [0.2, 0.25) is 0 Å². The van der Waals surface area contributed by atoms with Gasteiger partial charge >= 0.3 is 7.12 Å². The molecule has 5 heteroatoms. The van der Waals surface area contributed by atoms with E-state index in [-0.39, 0.29) is 18.8 Å². The molecule has 3 rings (SSSR count). The minimum absolute atomic E-state index is 0.0162. The average Bonchev–Trinajstić information content (AvgIpc) is 2.61. The van der Waals surface area contributed by atoms with Gasteiger partial charge in [-0.1, -0.05) is 6.07 Å². The number of quaternary nitrogens is 1. The molecule has 1 aromatic carbocycles. The summed E-state index contributed by atoms with van der Waals surface area (Å²) in [6.45, 7) is 7.38. The average molecular weight is 248 g/mol. The minimum atomic E-state index is -0.342. The molecule has 3 N–H and O–H groups in total. The minimum Gasteiger partial charge on any atom is -0.491 e. The van der Waals surface area contributed by atoms with E-state index in [9.17, 15) is 0 Å². The van der Waals surface area contributed by atoms with E-state index < -0.39 is 0 Å². The first-order valence-corrected chi connectivity index (χ1v) is 6.40. The highest BCUT2D eigenvalue weighted by Crippen LogP contribution is 2.34. The molecule has 4 nitrogen and oxygen atoms in total. The molecule has 0 spiro atoms. The first-order chi connectivity index (χ1) is 8.52. The Morgan fingerprint density at radius 1 is 1.44 bits per heavy atom. The molecule has 0 saturated carbocycles. The second kappa shape index (κ2) is 3.98. The molecular weight excluding hydrogens is 229 g/mol. The van der Waals surface area contributed by atoms with Gasteiger partial charge < -0.3 is 19.8 Å². The lowest BCUT2D eigenvalue weighted by atomic mass is 9.76. The predicted molar refractivity (Wildman–Crippen MR) is 68.8 cm³/mol. The molecule has 1 unspecified atom stereocenters. The van der Waals surface area contributed by atoms with E-state index in [1.807, 2.05) is 19.9 Å². The van der Waals surface area contributed by atoms with Crippen LogP contribution in [0.1, 0.15) is 31.1 Å². The zero-order valence-corrected chi connectivity index (χ0v) is 11.2. The lowest BCUT2D eigenvalue weighted by Crippen LogP contribution is -2.53. The first kappa shape index (κ1) is 12.0. The summed E-state index contributed by atoms with van der Waals surface area (Å²) in [5.41, 5.74) is 7.11. The number of aryl methyl sites for hydroxylation is 1. The van der Waals surface area contributed by atoms with Crippen molar-refractivity contribution >= 4 is 12.6 Å². The molecule has 0 bridgehead atoms. The van der Waals surface area contributed by atoms with Crippen molar-refractivity contribution in [2.75, 3.05) is 13.2 Å². The summed E-state index contributed by atoms with van der Waals surface area (Å²) in [5.74, 6) is 0.891. The summed E-state index contributed by atoms with van der Waals surface area (Å²) in [6, 6.07) is 4.10. The highest BCUT2D eigenvalue weighted by Gasteiger charge is 2.46. The van der Waals surface area contributed by atoms with Crippen molar-refractivity contribution in [1.29, 1.82) is 0 Å². The Balaban J connectivity index is 2.13. The molecular formula is C13H19BNO3+. The van der Waals surface area contributed by atoms with Crippen LogP contribution in [0.15, 0.2) is 12.1 Å². The van der Waals surface area contributed by atoms with Gasteiger partial charge in [-0.25, -0.2) is 0 Å². The maximum Gasteiger partial charge on any atom is 0.499 e. The maximum absolute atomic E-state index is 6.04. The monoisotopic (exact) mass is 248 g/mol. The van der Waals surface area contributed by atoms with E-state index in [1.165, 1.54) is 11.1 Å². The van der Waals surface area contributed by atoms with Crippen molar-refractivity contribution in [3.63, 3.8) is 0 Å². The maximum atomic E-state index is 6.04. The van der Waals surface area contributed by atoms with E-state index in [2.05, 4.69) is 18.7 Å². The summed E-state index contributed by atoms with van der Waals surface area (Å²) >= 11 is 0. The van der Waals surface area contributed by atoms with Gasteiger partial charge in [-0.2, -0.15) is 0 Å². The largest absolute Gasteiger partial charge is 0.499 e. The molecule has 1 aromatic rings. The fraction of sp³-hybridized carbons (Fsp3) is 0.538. The van der Waals surface area contributed by atoms with Gasteiger partial charge in [0.25, 0.3) is 0 Å². The molecule has 2 aliphatic heterocycles. The predicted octanol–water partition coefficient (Wildman–Crippen LogP) is 0.191. The van der Waals surface area contributed by atoms with Crippen LogP contribution in [0.3, 0.4) is 0 Å². The summed E-state index contributed by atoms with van der Waals surface area (Å²) in [4.78, 5) is 0. The third-order valence-corrected chi connectivity index (χ3v) is 3.57. The zero-order valence-electron chi connectivity index (χ0n) is 11.2. The van der Waals surface area contributed by atoms with Crippen LogP contribution in [0.5, 0.6) is 5.75 Å². The van der Waals surface area contributed by atoms with E-state index in [4.69, 9.17) is 14.0 Å². The molecule has 0 radical (unpaired) electrons. The Hall–Kier alpha value is -1.04. The van der Waals surface area contributed by atoms with Crippen molar-refractivity contribution < 1.29 is 19.8 Å². The summed E-state index contributed by atoms with van der Waals surface area (Å²) in [6.07, 6.45) is 0.0162. The lowest BCUT2D eigenvalue weighted by Gasteiger charge is -2.25. The van der Waals surface area contributed by atoms with Gasteiger partial charge in [0, 0.05) is 5.46 Å². The SMILES string of the molecule is Cc1ccc2c3c1C(C[NH3+])OB3OC(C)(C)CO2. The van der Waals surface area contributed by atoms with Crippen LogP contribution in [0.25, 0.3) is 0 Å². The molecule has 18 heavy (non-hydrogen) atoms. The molecule has 96 valence electrons. The fourth-order valence-electron chi connectivity index (χ4n) is 2.68. The molecule has 2 aliphatic rings. The quantitative estimate of drug-likeness (QED) is 0.722. The molecule has 2 heterocycles. The van der Waals surface area contributed by atoms with Gasteiger partial charge in [0.15, 0.2) is 0 Å². The Labute approximate surface area is 108 Å². The normalized spacial score (nSPS) is 24.4. The van der Waals surface area contributed by atoms with Crippen LogP contribution in [-0.4, -0.2) is 25.9 Å². The van der Waals surface area contributed by atoms with Gasteiger partial charge in [0.2, 0.25) is 0 Å². The summed E-state index contributed by atoms with van der Waals surface area (Å²) in [7, 11) is -0.320. The molecule has 0 aliphatic carbocycles. The number of hydrogen-bond acceptors (Lipinski definition) is 3. The van der Waals surface area contributed by atoms with E-state index in [1.54, 1.807) is 0 Å². The van der Waals surface area contributed by atoms with Gasteiger partial charge in [0.05, 0.1) is 5.60 Å². The standard InChI is InChI=1S/C13H18BNO3/c1-8-4-5-9-12-11(8)10(6-15)17-14(12)18-13(2,3)7-16-9/h4-5,10H,6-7,15H2,1-3H3/p+1. The third kappa shape index (κ3) is 1.74. The fourth-order valence-corrected chi connectivity index (χ4v) is 2.68. The molecule has 0 amide bonds. The van der Waals surface area contributed by atoms with Crippen molar-refractivity contribution in [3.8, 4) is 5.75 Å². The first-order valence-electron chi connectivity index (χ1n) is 6.40. The Kier molecular flexibility index (Phi) is 2.66. The smallest absolute Gasteiger partial charge is 0.491 e. The zero-order chi connectivity index (χ0) is 12.9. The Morgan fingerprint density at radius 2 is 2.22 bits per heavy atom. The molecule has 0 saturated heterocycles. The van der Waals surface area contributed by atoms with Crippen LogP contribution in [0, 0.1) is 6.92 Å². The van der Waals surface area contributed by atoms with Crippen molar-refractivity contribution in [2.24, 2.45) is 0 Å². The van der Waals surface area contributed by atoms with Crippen molar-refractivity contribution in [1.82, 2.24) is 0 Å². The molecule has 0 aromatic heterocycles. The number of hydrogen-bond donors (Lipinski definition) is 1. The topological polar surface area (TPSA) is 55.3 Å². The van der Waals surface area contributed by atoms with Gasteiger partial charge in [-0.3, -0.25) is 0 Å². The van der Waals surface area contributed by atoms with Crippen LogP contribution in [-0.2, 0) is 9.31 Å².